The largest absolute Gasteiger partial charge is 0.274 e. The number of hydrogen-bond donors (Lipinski definition) is 1. The van der Waals surface area contributed by atoms with Gasteiger partial charge in [-0.3, -0.25) is 9.78 Å². The lowest BCUT2D eigenvalue weighted by molar-refractivity contribution is -0.124. The average molecular weight is 268 g/mol. The zero-order valence-electron chi connectivity index (χ0n) is 10.0. The van der Waals surface area contributed by atoms with Gasteiger partial charge in [-0.2, -0.15) is 0 Å². The minimum atomic E-state index is -3.75. The van der Waals surface area contributed by atoms with Gasteiger partial charge in [0.1, 0.15) is 0 Å². The normalized spacial score (nSPS) is 17.3. The highest BCUT2D eigenvalue weighted by atomic mass is 32.2. The van der Waals surface area contributed by atoms with Crippen molar-refractivity contribution in [3.8, 4) is 0 Å². The number of amides is 1. The summed E-state index contributed by atoms with van der Waals surface area (Å²) in [6.07, 6.45) is 7.44. The standard InChI is InChI=1S/C12H16N2O3S/c15-12(10-4-2-1-3-5-10)14-18(16,17)11-6-8-13-9-7-11/h6-10H,1-5H2,(H,14,15). The molecule has 0 saturated heterocycles. The van der Waals surface area contributed by atoms with E-state index in [1.807, 2.05) is 0 Å². The maximum absolute atomic E-state index is 11.9. The number of rotatable bonds is 3. The smallest absolute Gasteiger partial charge is 0.264 e. The number of aromatic nitrogens is 1. The number of hydrogen-bond acceptors (Lipinski definition) is 4. The molecular weight excluding hydrogens is 252 g/mol. The van der Waals surface area contributed by atoms with E-state index in [1.54, 1.807) is 0 Å². The molecule has 1 aliphatic rings. The first-order valence-electron chi connectivity index (χ1n) is 6.06. The molecule has 0 radical (unpaired) electrons. The van der Waals surface area contributed by atoms with Gasteiger partial charge in [-0.25, -0.2) is 13.1 Å². The second kappa shape index (κ2) is 5.48. The number of sulfonamides is 1. The van der Waals surface area contributed by atoms with E-state index >= 15 is 0 Å². The van der Waals surface area contributed by atoms with Crippen molar-refractivity contribution < 1.29 is 13.2 Å². The Morgan fingerprint density at radius 1 is 1.17 bits per heavy atom. The molecule has 1 amide bonds. The maximum atomic E-state index is 11.9. The van der Waals surface area contributed by atoms with Gasteiger partial charge in [0, 0.05) is 18.3 Å². The number of carbonyl (C=O) groups excluding carboxylic acids is 1. The van der Waals surface area contributed by atoms with Crippen LogP contribution in [0.25, 0.3) is 0 Å². The molecule has 1 aromatic heterocycles. The summed E-state index contributed by atoms with van der Waals surface area (Å²) in [5.74, 6) is -0.554. The topological polar surface area (TPSA) is 76.1 Å². The molecule has 98 valence electrons. The van der Waals surface area contributed by atoms with Crippen LogP contribution in [0.4, 0.5) is 0 Å². The number of nitrogens with one attached hydrogen (secondary N) is 1. The summed E-state index contributed by atoms with van der Waals surface area (Å²) in [5.41, 5.74) is 0. The third kappa shape index (κ3) is 3.07. The molecule has 0 spiro atoms. The van der Waals surface area contributed by atoms with Crippen LogP contribution < -0.4 is 4.72 Å². The van der Waals surface area contributed by atoms with Crippen molar-refractivity contribution in [2.45, 2.75) is 37.0 Å². The fraction of sp³-hybridized carbons (Fsp3) is 0.500. The molecule has 1 N–H and O–H groups in total. The van der Waals surface area contributed by atoms with Crippen LogP contribution in [0.15, 0.2) is 29.4 Å². The molecule has 0 atom stereocenters. The molecular formula is C12H16N2O3S. The average Bonchev–Trinajstić information content (AvgIpc) is 2.40. The molecule has 1 heterocycles. The summed E-state index contributed by atoms with van der Waals surface area (Å²) in [6, 6.07) is 2.74. The zero-order chi connectivity index (χ0) is 13.0. The van der Waals surface area contributed by atoms with Crippen LogP contribution in [-0.2, 0) is 14.8 Å². The van der Waals surface area contributed by atoms with Gasteiger partial charge < -0.3 is 0 Å². The molecule has 0 aromatic carbocycles. The van der Waals surface area contributed by atoms with Gasteiger partial charge in [-0.15, -0.1) is 0 Å². The van der Waals surface area contributed by atoms with Gasteiger partial charge >= 0.3 is 0 Å². The van der Waals surface area contributed by atoms with E-state index in [9.17, 15) is 13.2 Å². The SMILES string of the molecule is O=C(NS(=O)(=O)c1ccncc1)C1CCCCC1. The lowest BCUT2D eigenvalue weighted by Crippen LogP contribution is -2.36. The summed E-state index contributed by atoms with van der Waals surface area (Å²) in [6.45, 7) is 0. The lowest BCUT2D eigenvalue weighted by atomic mass is 9.89. The lowest BCUT2D eigenvalue weighted by Gasteiger charge is -2.20. The van der Waals surface area contributed by atoms with Crippen LogP contribution in [0.1, 0.15) is 32.1 Å². The van der Waals surface area contributed by atoms with E-state index in [2.05, 4.69) is 9.71 Å². The summed E-state index contributed by atoms with van der Waals surface area (Å²) in [5, 5.41) is 0. The van der Waals surface area contributed by atoms with Gasteiger partial charge in [-0.1, -0.05) is 19.3 Å². The first-order valence-corrected chi connectivity index (χ1v) is 7.54. The molecule has 0 aliphatic heterocycles. The second-order valence-electron chi connectivity index (χ2n) is 4.49. The van der Waals surface area contributed by atoms with Crippen LogP contribution in [0.5, 0.6) is 0 Å². The Kier molecular flexibility index (Phi) is 3.96. The van der Waals surface area contributed by atoms with Gasteiger partial charge in [0.15, 0.2) is 0 Å². The van der Waals surface area contributed by atoms with Crippen molar-refractivity contribution in [2.75, 3.05) is 0 Å². The minimum absolute atomic E-state index is 0.0710. The van der Waals surface area contributed by atoms with Crippen molar-refractivity contribution in [3.05, 3.63) is 24.5 Å². The third-order valence-corrected chi connectivity index (χ3v) is 4.53. The van der Waals surface area contributed by atoms with Crippen molar-refractivity contribution in [1.82, 2.24) is 9.71 Å². The zero-order valence-corrected chi connectivity index (χ0v) is 10.8. The molecule has 0 unspecified atom stereocenters. The summed E-state index contributed by atoms with van der Waals surface area (Å²) in [7, 11) is -3.75. The number of nitrogens with zero attached hydrogens (tertiary/aromatic N) is 1. The highest BCUT2D eigenvalue weighted by Gasteiger charge is 2.25. The van der Waals surface area contributed by atoms with Crippen molar-refractivity contribution in [2.24, 2.45) is 5.92 Å². The van der Waals surface area contributed by atoms with Crippen LogP contribution in [0.3, 0.4) is 0 Å². The minimum Gasteiger partial charge on any atom is -0.274 e. The Bertz CT molecular complexity index is 507. The Labute approximate surface area is 107 Å². The summed E-state index contributed by atoms with van der Waals surface area (Å²) < 4.78 is 26.0. The van der Waals surface area contributed by atoms with E-state index in [1.165, 1.54) is 24.5 Å². The first kappa shape index (κ1) is 13.0. The van der Waals surface area contributed by atoms with E-state index in [0.29, 0.717) is 0 Å². The molecule has 6 heteroatoms. The molecule has 18 heavy (non-hydrogen) atoms. The van der Waals surface area contributed by atoms with E-state index in [0.717, 1.165) is 32.1 Å². The van der Waals surface area contributed by atoms with Crippen LogP contribution in [-0.4, -0.2) is 19.3 Å². The summed E-state index contributed by atoms with van der Waals surface area (Å²) >= 11 is 0. The molecule has 1 fully saturated rings. The van der Waals surface area contributed by atoms with Crippen LogP contribution >= 0.6 is 0 Å². The van der Waals surface area contributed by atoms with Crippen LogP contribution in [0.2, 0.25) is 0 Å². The maximum Gasteiger partial charge on any atom is 0.264 e. The fourth-order valence-corrected chi connectivity index (χ4v) is 3.19. The van der Waals surface area contributed by atoms with E-state index in [-0.39, 0.29) is 16.7 Å². The second-order valence-corrected chi connectivity index (χ2v) is 6.17. The van der Waals surface area contributed by atoms with Crippen molar-refractivity contribution in [3.63, 3.8) is 0 Å². The van der Waals surface area contributed by atoms with Crippen LogP contribution in [0, 0.1) is 5.92 Å². The molecule has 1 aliphatic carbocycles. The highest BCUT2D eigenvalue weighted by molar-refractivity contribution is 7.90. The van der Waals surface area contributed by atoms with Gasteiger partial charge in [-0.05, 0) is 25.0 Å². The molecule has 5 nitrogen and oxygen atoms in total. The van der Waals surface area contributed by atoms with E-state index < -0.39 is 10.0 Å². The van der Waals surface area contributed by atoms with Gasteiger partial charge in [0.05, 0.1) is 4.90 Å². The fourth-order valence-electron chi connectivity index (χ4n) is 2.16. The monoisotopic (exact) mass is 268 g/mol. The van der Waals surface area contributed by atoms with Gasteiger partial charge in [0.25, 0.3) is 10.0 Å². The Morgan fingerprint density at radius 3 is 2.39 bits per heavy atom. The van der Waals surface area contributed by atoms with Crippen molar-refractivity contribution >= 4 is 15.9 Å². The van der Waals surface area contributed by atoms with Crippen molar-refractivity contribution in [1.29, 1.82) is 0 Å². The number of pyridine rings is 1. The molecule has 1 saturated carbocycles. The summed E-state index contributed by atoms with van der Waals surface area (Å²) in [4.78, 5) is 15.7. The first-order chi connectivity index (χ1) is 8.59. The number of carbonyl (C=O) groups is 1. The van der Waals surface area contributed by atoms with Gasteiger partial charge in [0.2, 0.25) is 5.91 Å². The third-order valence-electron chi connectivity index (χ3n) is 3.17. The van der Waals surface area contributed by atoms with E-state index in [4.69, 9.17) is 0 Å². The molecule has 1 aromatic rings. The molecule has 2 rings (SSSR count). The predicted molar refractivity (Wildman–Crippen MR) is 66.1 cm³/mol. The molecule has 0 bridgehead atoms. The Hall–Kier alpha value is -1.43. The Balaban J connectivity index is 2.06. The predicted octanol–water partition coefficient (Wildman–Crippen LogP) is 1.47. The highest BCUT2D eigenvalue weighted by Crippen LogP contribution is 2.24. The quantitative estimate of drug-likeness (QED) is 0.900. The Morgan fingerprint density at radius 2 is 1.78 bits per heavy atom.